The van der Waals surface area contributed by atoms with Crippen molar-refractivity contribution in [2.24, 2.45) is 0 Å². The number of amides is 1. The highest BCUT2D eigenvalue weighted by Crippen LogP contribution is 2.29. The van der Waals surface area contributed by atoms with Crippen LogP contribution in [0.5, 0.6) is 0 Å². The molecule has 0 spiro atoms. The minimum Gasteiger partial charge on any atom is -0.320 e. The second-order valence-corrected chi connectivity index (χ2v) is 7.86. The second kappa shape index (κ2) is 9.38. The molecule has 1 N–H and O–H groups in total. The van der Waals surface area contributed by atoms with Gasteiger partial charge in [0, 0.05) is 12.1 Å². The van der Waals surface area contributed by atoms with Crippen LogP contribution in [0.3, 0.4) is 0 Å². The van der Waals surface area contributed by atoms with Gasteiger partial charge in [-0.15, -0.1) is 0 Å². The fraction of sp³-hybridized carbons (Fsp3) is 0.682. The molecule has 1 aliphatic heterocycles. The number of para-hydroxylation sites is 1. The Kier molecular flexibility index (Phi) is 7.49. The summed E-state index contributed by atoms with van der Waals surface area (Å²) in [5.74, 6) is 0.234. The number of hydrogen-bond acceptors (Lipinski definition) is 1. The lowest BCUT2D eigenvalue weighted by molar-refractivity contribution is -0.947. The molecule has 0 aromatic heterocycles. The zero-order chi connectivity index (χ0) is 18.3. The number of hydrogen-bond donors (Lipinski definition) is 1. The van der Waals surface area contributed by atoms with E-state index in [9.17, 15) is 4.79 Å². The Morgan fingerprint density at radius 2 is 1.72 bits per heavy atom. The minimum absolute atomic E-state index is 0.0934. The van der Waals surface area contributed by atoms with Crippen molar-refractivity contribution in [1.82, 2.24) is 0 Å². The van der Waals surface area contributed by atoms with E-state index in [1.54, 1.807) is 0 Å². The third kappa shape index (κ3) is 4.84. The lowest BCUT2D eigenvalue weighted by atomic mass is 9.97. The molecular weight excluding hydrogens is 308 g/mol. The lowest BCUT2D eigenvalue weighted by Crippen LogP contribution is -2.62. The zero-order valence-corrected chi connectivity index (χ0v) is 16.7. The number of benzene rings is 1. The predicted molar refractivity (Wildman–Crippen MR) is 107 cm³/mol. The molecule has 0 aliphatic carbocycles. The van der Waals surface area contributed by atoms with E-state index >= 15 is 0 Å². The van der Waals surface area contributed by atoms with Crippen molar-refractivity contribution in [3.63, 3.8) is 0 Å². The molecule has 1 unspecified atom stereocenters. The fourth-order valence-electron chi connectivity index (χ4n) is 4.45. The molecule has 0 saturated carbocycles. The Morgan fingerprint density at radius 1 is 1.08 bits per heavy atom. The number of likely N-dealkylation sites (tertiary alicyclic amines) is 1. The van der Waals surface area contributed by atoms with Gasteiger partial charge in [-0.25, -0.2) is 0 Å². The van der Waals surface area contributed by atoms with Gasteiger partial charge in [-0.3, -0.25) is 4.79 Å². The van der Waals surface area contributed by atoms with Gasteiger partial charge in [-0.1, -0.05) is 38.5 Å². The monoisotopic (exact) mass is 345 g/mol. The minimum atomic E-state index is 0.0934. The lowest BCUT2D eigenvalue weighted by Gasteiger charge is -2.46. The maximum Gasteiger partial charge on any atom is 0.282 e. The van der Waals surface area contributed by atoms with Crippen LogP contribution in [-0.2, 0) is 4.79 Å². The highest BCUT2D eigenvalue weighted by Gasteiger charge is 2.41. The predicted octanol–water partition coefficient (Wildman–Crippen LogP) is 5.21. The number of rotatable bonds is 8. The van der Waals surface area contributed by atoms with E-state index in [0.29, 0.717) is 0 Å². The van der Waals surface area contributed by atoms with Crippen LogP contribution < -0.4 is 5.32 Å². The number of unbranched alkanes of at least 4 members (excludes halogenated alkanes) is 1. The summed E-state index contributed by atoms with van der Waals surface area (Å²) in [6.07, 6.45) is 8.33. The van der Waals surface area contributed by atoms with Crippen LogP contribution in [0.2, 0.25) is 0 Å². The molecule has 3 nitrogen and oxygen atoms in total. The highest BCUT2D eigenvalue weighted by molar-refractivity contribution is 5.95. The highest BCUT2D eigenvalue weighted by atomic mass is 16.2. The van der Waals surface area contributed by atoms with E-state index in [1.165, 1.54) is 45.2 Å². The number of aryl methyl sites for hydroxylation is 2. The Labute approximate surface area is 154 Å². The van der Waals surface area contributed by atoms with Crippen LogP contribution in [0.25, 0.3) is 0 Å². The number of quaternary nitrogens is 1. The van der Waals surface area contributed by atoms with Gasteiger partial charge < -0.3 is 9.80 Å². The van der Waals surface area contributed by atoms with Crippen LogP contribution >= 0.6 is 0 Å². The van der Waals surface area contributed by atoms with E-state index in [0.717, 1.165) is 40.7 Å². The van der Waals surface area contributed by atoms with Crippen LogP contribution in [0.15, 0.2) is 18.2 Å². The van der Waals surface area contributed by atoms with Crippen molar-refractivity contribution >= 4 is 11.6 Å². The molecule has 1 aromatic carbocycles. The number of nitrogens with one attached hydrogen (secondary N) is 1. The third-order valence-electron chi connectivity index (χ3n) is 5.92. The molecule has 140 valence electrons. The molecule has 0 bridgehead atoms. The molecule has 1 fully saturated rings. The van der Waals surface area contributed by atoms with Crippen molar-refractivity contribution in [3.8, 4) is 0 Å². The van der Waals surface area contributed by atoms with E-state index < -0.39 is 0 Å². The maximum atomic E-state index is 13.3. The molecular formula is C22H37N2O+. The SMILES string of the molecule is CCCC[N+]1(C(CCC)C(=O)Nc2c(C)cccc2C)CCCCC1. The Hall–Kier alpha value is -1.35. The Morgan fingerprint density at radius 3 is 2.28 bits per heavy atom. The van der Waals surface area contributed by atoms with Gasteiger partial charge in [0.05, 0.1) is 19.6 Å². The maximum absolute atomic E-state index is 13.3. The van der Waals surface area contributed by atoms with E-state index in [2.05, 4.69) is 51.2 Å². The summed E-state index contributed by atoms with van der Waals surface area (Å²) in [6.45, 7) is 12.1. The van der Waals surface area contributed by atoms with Gasteiger partial charge in [-0.2, -0.15) is 0 Å². The summed E-state index contributed by atoms with van der Waals surface area (Å²) in [6, 6.07) is 6.32. The van der Waals surface area contributed by atoms with Gasteiger partial charge in [0.1, 0.15) is 0 Å². The van der Waals surface area contributed by atoms with Crippen molar-refractivity contribution in [2.45, 2.75) is 78.7 Å². The van der Waals surface area contributed by atoms with Crippen molar-refractivity contribution < 1.29 is 9.28 Å². The first-order valence-corrected chi connectivity index (χ1v) is 10.3. The molecule has 1 aliphatic rings. The summed E-state index contributed by atoms with van der Waals surface area (Å²) >= 11 is 0. The van der Waals surface area contributed by atoms with Gasteiger partial charge in [-0.05, 0) is 57.1 Å². The quantitative estimate of drug-likeness (QED) is 0.644. The molecule has 25 heavy (non-hydrogen) atoms. The molecule has 1 amide bonds. The first-order chi connectivity index (χ1) is 12.0. The third-order valence-corrected chi connectivity index (χ3v) is 5.92. The Balaban J connectivity index is 2.26. The molecule has 1 atom stereocenters. The molecule has 1 saturated heterocycles. The largest absolute Gasteiger partial charge is 0.320 e. The normalized spacial score (nSPS) is 17.9. The molecule has 2 rings (SSSR count). The molecule has 1 heterocycles. The van der Waals surface area contributed by atoms with Crippen LogP contribution in [-0.4, -0.2) is 36.1 Å². The van der Waals surface area contributed by atoms with E-state index in [4.69, 9.17) is 0 Å². The zero-order valence-electron chi connectivity index (χ0n) is 16.7. The van der Waals surface area contributed by atoms with Gasteiger partial charge >= 0.3 is 0 Å². The van der Waals surface area contributed by atoms with Crippen molar-refractivity contribution in [1.29, 1.82) is 0 Å². The summed E-state index contributed by atoms with van der Waals surface area (Å²) < 4.78 is 1.01. The number of carbonyl (C=O) groups is 1. The fourth-order valence-corrected chi connectivity index (χ4v) is 4.45. The number of piperidine rings is 1. The van der Waals surface area contributed by atoms with Gasteiger partial charge in [0.25, 0.3) is 5.91 Å². The Bertz CT molecular complexity index is 541. The topological polar surface area (TPSA) is 29.1 Å². The molecule has 0 radical (unpaired) electrons. The van der Waals surface area contributed by atoms with Crippen molar-refractivity contribution in [2.75, 3.05) is 25.0 Å². The number of anilines is 1. The van der Waals surface area contributed by atoms with Crippen molar-refractivity contribution in [3.05, 3.63) is 29.3 Å². The van der Waals surface area contributed by atoms with E-state index in [1.807, 2.05) is 0 Å². The standard InChI is InChI=1S/C22H36N2O/c1-5-7-15-24(16-9-8-10-17-24)20(12-6-2)22(25)23-21-18(3)13-11-14-19(21)4/h11,13-14,20H,5-10,12,15-17H2,1-4H3/p+1. The second-order valence-electron chi connectivity index (χ2n) is 7.86. The summed E-state index contributed by atoms with van der Waals surface area (Å²) in [5, 5.41) is 3.31. The summed E-state index contributed by atoms with van der Waals surface area (Å²) in [4.78, 5) is 13.3. The number of carbonyl (C=O) groups excluding carboxylic acids is 1. The van der Waals surface area contributed by atoms with Crippen LogP contribution in [0.4, 0.5) is 5.69 Å². The first kappa shape index (κ1) is 20.0. The smallest absolute Gasteiger partial charge is 0.282 e. The average Bonchev–Trinajstić information content (AvgIpc) is 2.61. The average molecular weight is 346 g/mol. The first-order valence-electron chi connectivity index (χ1n) is 10.3. The molecule has 1 aromatic rings. The number of nitrogens with zero attached hydrogens (tertiary/aromatic N) is 1. The van der Waals surface area contributed by atoms with Gasteiger partial charge in [0.15, 0.2) is 6.04 Å². The summed E-state index contributed by atoms with van der Waals surface area (Å²) in [7, 11) is 0. The van der Waals surface area contributed by atoms with Crippen LogP contribution in [0, 0.1) is 13.8 Å². The van der Waals surface area contributed by atoms with Crippen LogP contribution in [0.1, 0.15) is 69.9 Å². The van der Waals surface area contributed by atoms with E-state index in [-0.39, 0.29) is 11.9 Å². The van der Waals surface area contributed by atoms with Gasteiger partial charge in [0.2, 0.25) is 0 Å². The summed E-state index contributed by atoms with van der Waals surface area (Å²) in [5.41, 5.74) is 3.32. The molecule has 3 heteroatoms.